The number of rotatable bonds is 8. The van der Waals surface area contributed by atoms with Crippen LogP contribution in [0.2, 0.25) is 0 Å². The van der Waals surface area contributed by atoms with E-state index in [1.165, 1.54) is 12.8 Å². The lowest BCUT2D eigenvalue weighted by molar-refractivity contribution is 0.552. The van der Waals surface area contributed by atoms with E-state index in [-0.39, 0.29) is 0 Å². The molecule has 0 N–H and O–H groups in total. The van der Waals surface area contributed by atoms with Gasteiger partial charge < -0.3 is 4.42 Å². The van der Waals surface area contributed by atoms with Crippen molar-refractivity contribution in [3.63, 3.8) is 0 Å². The molecule has 0 radical (unpaired) electrons. The molecular weight excluding hydrogens is 212 g/mol. The van der Waals surface area contributed by atoms with E-state index in [4.69, 9.17) is 4.42 Å². The van der Waals surface area contributed by atoms with Crippen LogP contribution >= 0.6 is 0 Å². The Hall–Kier alpha value is -1.38. The van der Waals surface area contributed by atoms with Crippen LogP contribution in [0.25, 0.3) is 0 Å². The predicted molar refractivity (Wildman–Crippen MR) is 73.4 cm³/mol. The molecule has 17 heavy (non-hydrogen) atoms. The van der Waals surface area contributed by atoms with Gasteiger partial charge in [-0.3, -0.25) is 9.98 Å². The van der Waals surface area contributed by atoms with Gasteiger partial charge in [-0.05, 0) is 25.0 Å². The van der Waals surface area contributed by atoms with Gasteiger partial charge in [0.05, 0.1) is 12.4 Å². The summed E-state index contributed by atoms with van der Waals surface area (Å²) in [5.41, 5.74) is 0. The Kier molecular flexibility index (Phi) is 7.03. The highest BCUT2D eigenvalue weighted by atomic mass is 16.3. The Balaban J connectivity index is 2.37. The van der Waals surface area contributed by atoms with Crippen molar-refractivity contribution in [1.82, 2.24) is 0 Å². The van der Waals surface area contributed by atoms with Crippen LogP contribution in [0, 0.1) is 0 Å². The Morgan fingerprint density at radius 2 is 1.41 bits per heavy atom. The first kappa shape index (κ1) is 13.7. The van der Waals surface area contributed by atoms with Gasteiger partial charge in [0, 0.05) is 13.1 Å². The van der Waals surface area contributed by atoms with Gasteiger partial charge in [0.25, 0.3) is 0 Å². The highest BCUT2D eigenvalue weighted by molar-refractivity contribution is 5.80. The summed E-state index contributed by atoms with van der Waals surface area (Å²) < 4.78 is 5.55. The Labute approximate surface area is 104 Å². The molecule has 1 aromatic rings. The van der Waals surface area contributed by atoms with Crippen LogP contribution in [0.3, 0.4) is 0 Å². The summed E-state index contributed by atoms with van der Waals surface area (Å²) in [7, 11) is 0. The van der Waals surface area contributed by atoms with Crippen LogP contribution in [-0.2, 0) is 0 Å². The SMILES string of the molecule is CCCCN=Cc1ccc(C=NCCCC)o1. The lowest BCUT2D eigenvalue weighted by Gasteiger charge is -1.89. The van der Waals surface area contributed by atoms with Crippen molar-refractivity contribution in [3.05, 3.63) is 23.7 Å². The molecule has 3 nitrogen and oxygen atoms in total. The quantitative estimate of drug-likeness (QED) is 0.499. The third kappa shape index (κ3) is 6.05. The van der Waals surface area contributed by atoms with Crippen LogP contribution in [0.5, 0.6) is 0 Å². The van der Waals surface area contributed by atoms with Gasteiger partial charge in [0.15, 0.2) is 0 Å². The highest BCUT2D eigenvalue weighted by Crippen LogP contribution is 2.03. The summed E-state index contributed by atoms with van der Waals surface area (Å²) in [4.78, 5) is 8.58. The van der Waals surface area contributed by atoms with E-state index >= 15 is 0 Å². The average molecular weight is 234 g/mol. The minimum absolute atomic E-state index is 0.804. The van der Waals surface area contributed by atoms with E-state index in [2.05, 4.69) is 23.8 Å². The molecule has 0 aliphatic heterocycles. The minimum atomic E-state index is 0.804. The second kappa shape index (κ2) is 8.74. The molecule has 0 saturated heterocycles. The summed E-state index contributed by atoms with van der Waals surface area (Å²) >= 11 is 0. The third-order valence-corrected chi connectivity index (χ3v) is 2.37. The van der Waals surface area contributed by atoms with Gasteiger partial charge in [-0.15, -0.1) is 0 Å². The predicted octanol–water partition coefficient (Wildman–Crippen LogP) is 3.72. The van der Waals surface area contributed by atoms with E-state index in [1.807, 2.05) is 12.1 Å². The number of hydrogen-bond donors (Lipinski definition) is 0. The minimum Gasteiger partial charge on any atom is -0.454 e. The molecule has 0 spiro atoms. The van der Waals surface area contributed by atoms with Gasteiger partial charge >= 0.3 is 0 Å². The fraction of sp³-hybridized carbons (Fsp3) is 0.571. The van der Waals surface area contributed by atoms with Gasteiger partial charge in [-0.2, -0.15) is 0 Å². The fourth-order valence-corrected chi connectivity index (χ4v) is 1.32. The van der Waals surface area contributed by atoms with Crippen molar-refractivity contribution in [2.45, 2.75) is 39.5 Å². The first-order chi connectivity index (χ1) is 8.36. The molecule has 0 bridgehead atoms. The van der Waals surface area contributed by atoms with Crippen molar-refractivity contribution in [2.24, 2.45) is 9.98 Å². The van der Waals surface area contributed by atoms with Crippen molar-refractivity contribution in [1.29, 1.82) is 0 Å². The van der Waals surface area contributed by atoms with Crippen LogP contribution in [0.4, 0.5) is 0 Å². The van der Waals surface area contributed by atoms with E-state index in [0.29, 0.717) is 0 Å². The van der Waals surface area contributed by atoms with Crippen molar-refractivity contribution in [3.8, 4) is 0 Å². The maximum absolute atomic E-state index is 5.55. The summed E-state index contributed by atoms with van der Waals surface area (Å²) in [6.07, 6.45) is 8.18. The van der Waals surface area contributed by atoms with E-state index < -0.39 is 0 Å². The Morgan fingerprint density at radius 1 is 0.941 bits per heavy atom. The Bertz CT molecular complexity index is 320. The number of hydrogen-bond acceptors (Lipinski definition) is 3. The Morgan fingerprint density at radius 3 is 1.82 bits per heavy atom. The molecule has 0 aliphatic carbocycles. The molecule has 0 amide bonds. The molecular formula is C14H22N2O. The maximum atomic E-state index is 5.55. The van der Waals surface area contributed by atoms with Crippen molar-refractivity contribution >= 4 is 12.4 Å². The van der Waals surface area contributed by atoms with Crippen LogP contribution in [-0.4, -0.2) is 25.5 Å². The zero-order chi connectivity index (χ0) is 12.3. The summed E-state index contributed by atoms with van der Waals surface area (Å²) in [6, 6.07) is 3.85. The number of nitrogens with zero attached hydrogens (tertiary/aromatic N) is 2. The molecule has 3 heteroatoms. The van der Waals surface area contributed by atoms with Crippen molar-refractivity contribution in [2.75, 3.05) is 13.1 Å². The largest absolute Gasteiger partial charge is 0.454 e. The fourth-order valence-electron chi connectivity index (χ4n) is 1.32. The van der Waals surface area contributed by atoms with Crippen LogP contribution in [0.1, 0.15) is 51.1 Å². The normalized spacial score (nSPS) is 11.9. The molecule has 0 aromatic carbocycles. The standard InChI is InChI=1S/C14H22N2O/c1-3-5-9-15-11-13-7-8-14(17-13)12-16-10-6-4-2/h7-8,11-12H,3-6,9-10H2,1-2H3. The van der Waals surface area contributed by atoms with Gasteiger partial charge in [-0.1, -0.05) is 26.7 Å². The van der Waals surface area contributed by atoms with Crippen molar-refractivity contribution < 1.29 is 4.42 Å². The topological polar surface area (TPSA) is 37.9 Å². The van der Waals surface area contributed by atoms with Gasteiger partial charge in [0.2, 0.25) is 0 Å². The highest BCUT2D eigenvalue weighted by Gasteiger charge is 1.95. The lowest BCUT2D eigenvalue weighted by atomic mass is 10.3. The molecule has 0 aliphatic rings. The summed E-state index contributed by atoms with van der Waals surface area (Å²) in [5.74, 6) is 1.61. The van der Waals surface area contributed by atoms with E-state index in [1.54, 1.807) is 12.4 Å². The molecule has 0 fully saturated rings. The van der Waals surface area contributed by atoms with Gasteiger partial charge in [0.1, 0.15) is 11.5 Å². The zero-order valence-corrected chi connectivity index (χ0v) is 10.9. The lowest BCUT2D eigenvalue weighted by Crippen LogP contribution is -1.83. The smallest absolute Gasteiger partial charge is 0.145 e. The first-order valence-electron chi connectivity index (χ1n) is 6.46. The first-order valence-corrected chi connectivity index (χ1v) is 6.46. The summed E-state index contributed by atoms with van der Waals surface area (Å²) in [5, 5.41) is 0. The van der Waals surface area contributed by atoms with E-state index in [0.717, 1.165) is 37.5 Å². The van der Waals surface area contributed by atoms with Gasteiger partial charge in [-0.25, -0.2) is 0 Å². The van der Waals surface area contributed by atoms with E-state index in [9.17, 15) is 0 Å². The molecule has 0 atom stereocenters. The number of aliphatic imine (C=N–C) groups is 2. The number of unbranched alkanes of at least 4 members (excludes halogenated alkanes) is 2. The maximum Gasteiger partial charge on any atom is 0.145 e. The van der Waals surface area contributed by atoms with Crippen LogP contribution in [0.15, 0.2) is 26.5 Å². The zero-order valence-electron chi connectivity index (χ0n) is 10.9. The monoisotopic (exact) mass is 234 g/mol. The molecule has 0 unspecified atom stereocenters. The third-order valence-electron chi connectivity index (χ3n) is 2.37. The second-order valence-corrected chi connectivity index (χ2v) is 4.02. The summed E-state index contributed by atoms with van der Waals surface area (Å²) in [6.45, 7) is 6.06. The molecule has 1 heterocycles. The number of furan rings is 1. The molecule has 1 aromatic heterocycles. The molecule has 94 valence electrons. The molecule has 0 saturated carbocycles. The second-order valence-electron chi connectivity index (χ2n) is 4.02. The van der Waals surface area contributed by atoms with Crippen LogP contribution < -0.4 is 0 Å². The average Bonchev–Trinajstić information content (AvgIpc) is 2.78. The molecule has 1 rings (SSSR count).